The van der Waals surface area contributed by atoms with E-state index >= 15 is 0 Å². The molecule has 0 aliphatic heterocycles. The minimum atomic E-state index is 0.424. The summed E-state index contributed by atoms with van der Waals surface area (Å²) in [7, 11) is 1.68. The predicted molar refractivity (Wildman–Crippen MR) is 76.9 cm³/mol. The Morgan fingerprint density at radius 2 is 1.61 bits per heavy atom. The van der Waals surface area contributed by atoms with Gasteiger partial charge >= 0.3 is 0 Å². The van der Waals surface area contributed by atoms with Crippen LogP contribution in [0, 0.1) is 0 Å². The minimum Gasteiger partial charge on any atom is -0.497 e. The van der Waals surface area contributed by atoms with E-state index in [0.29, 0.717) is 5.92 Å². The number of hydrogen-bond acceptors (Lipinski definition) is 1. The van der Waals surface area contributed by atoms with Crippen molar-refractivity contribution in [3.63, 3.8) is 0 Å². The Hall–Kier alpha value is -2.02. The van der Waals surface area contributed by atoms with E-state index in [1.807, 2.05) is 18.2 Å². The molecule has 92 valence electrons. The molecule has 2 aromatic rings. The first-order valence-corrected chi connectivity index (χ1v) is 6.17. The Kier molecular flexibility index (Phi) is 4.19. The molecule has 1 atom stereocenters. The Morgan fingerprint density at radius 3 is 2.22 bits per heavy atom. The van der Waals surface area contributed by atoms with Crippen LogP contribution in [0.4, 0.5) is 0 Å². The molecule has 0 fully saturated rings. The third-order valence-electron chi connectivity index (χ3n) is 3.02. The average Bonchev–Trinajstić information content (AvgIpc) is 2.46. The highest BCUT2D eigenvalue weighted by atomic mass is 16.5. The SMILES string of the molecule is COc1ccc(/C=C/[C@H](C)c2ccccc2)cc1. The van der Waals surface area contributed by atoms with Gasteiger partial charge in [-0.1, -0.05) is 61.5 Å². The number of hydrogen-bond donors (Lipinski definition) is 0. The summed E-state index contributed by atoms with van der Waals surface area (Å²) in [5, 5.41) is 0. The first kappa shape index (κ1) is 12.4. The van der Waals surface area contributed by atoms with Crippen molar-refractivity contribution < 1.29 is 4.74 Å². The molecule has 0 radical (unpaired) electrons. The van der Waals surface area contributed by atoms with Crippen LogP contribution >= 0.6 is 0 Å². The van der Waals surface area contributed by atoms with Crippen LogP contribution in [0.25, 0.3) is 6.08 Å². The van der Waals surface area contributed by atoms with Gasteiger partial charge in [0.05, 0.1) is 7.11 Å². The molecule has 1 heteroatoms. The molecule has 0 spiro atoms. The van der Waals surface area contributed by atoms with Crippen molar-refractivity contribution >= 4 is 6.08 Å². The second kappa shape index (κ2) is 6.06. The van der Waals surface area contributed by atoms with E-state index in [2.05, 4.69) is 55.5 Å². The van der Waals surface area contributed by atoms with Gasteiger partial charge < -0.3 is 4.74 Å². The summed E-state index contributed by atoms with van der Waals surface area (Å²) in [4.78, 5) is 0. The first-order chi connectivity index (χ1) is 8.79. The predicted octanol–water partition coefficient (Wildman–Crippen LogP) is 4.51. The van der Waals surface area contributed by atoms with Gasteiger partial charge in [0.25, 0.3) is 0 Å². The maximum absolute atomic E-state index is 5.14. The zero-order chi connectivity index (χ0) is 12.8. The number of ether oxygens (including phenoxy) is 1. The Morgan fingerprint density at radius 1 is 0.944 bits per heavy atom. The summed E-state index contributed by atoms with van der Waals surface area (Å²) in [5.41, 5.74) is 2.53. The number of rotatable bonds is 4. The smallest absolute Gasteiger partial charge is 0.118 e. The lowest BCUT2D eigenvalue weighted by Gasteiger charge is -2.06. The van der Waals surface area contributed by atoms with Gasteiger partial charge in [-0.15, -0.1) is 0 Å². The second-order valence-electron chi connectivity index (χ2n) is 4.33. The van der Waals surface area contributed by atoms with Gasteiger partial charge in [-0.25, -0.2) is 0 Å². The minimum absolute atomic E-state index is 0.424. The molecule has 0 aliphatic rings. The van der Waals surface area contributed by atoms with E-state index in [0.717, 1.165) is 5.75 Å². The van der Waals surface area contributed by atoms with Crippen LogP contribution in [0.15, 0.2) is 60.7 Å². The Balaban J connectivity index is 2.06. The van der Waals surface area contributed by atoms with Gasteiger partial charge in [-0.05, 0) is 29.2 Å². The van der Waals surface area contributed by atoms with Crippen molar-refractivity contribution in [2.75, 3.05) is 7.11 Å². The molecule has 0 heterocycles. The van der Waals surface area contributed by atoms with Gasteiger partial charge in [0.2, 0.25) is 0 Å². The van der Waals surface area contributed by atoms with E-state index < -0.39 is 0 Å². The zero-order valence-electron chi connectivity index (χ0n) is 10.8. The van der Waals surface area contributed by atoms with Crippen molar-refractivity contribution in [2.45, 2.75) is 12.8 Å². The maximum atomic E-state index is 5.14. The lowest BCUT2D eigenvalue weighted by molar-refractivity contribution is 0.415. The Bertz CT molecular complexity index is 497. The van der Waals surface area contributed by atoms with Crippen LogP contribution in [0.5, 0.6) is 5.75 Å². The topological polar surface area (TPSA) is 9.23 Å². The summed E-state index contributed by atoms with van der Waals surface area (Å²) in [6, 6.07) is 18.6. The molecule has 0 saturated carbocycles. The Labute approximate surface area is 109 Å². The quantitative estimate of drug-likeness (QED) is 0.761. The summed E-state index contributed by atoms with van der Waals surface area (Å²) >= 11 is 0. The van der Waals surface area contributed by atoms with Gasteiger partial charge in [0.15, 0.2) is 0 Å². The lowest BCUT2D eigenvalue weighted by Crippen LogP contribution is -1.87. The summed E-state index contributed by atoms with van der Waals surface area (Å²) in [5.74, 6) is 1.32. The van der Waals surface area contributed by atoms with Gasteiger partial charge in [0.1, 0.15) is 5.75 Å². The fraction of sp³-hybridized carbons (Fsp3) is 0.176. The van der Waals surface area contributed by atoms with Gasteiger partial charge in [0, 0.05) is 0 Å². The summed E-state index contributed by atoms with van der Waals surface area (Å²) < 4.78 is 5.14. The molecule has 0 bridgehead atoms. The summed E-state index contributed by atoms with van der Waals surface area (Å²) in [6.07, 6.45) is 4.37. The highest BCUT2D eigenvalue weighted by Crippen LogP contribution is 2.18. The monoisotopic (exact) mass is 238 g/mol. The van der Waals surface area contributed by atoms with E-state index in [9.17, 15) is 0 Å². The van der Waals surface area contributed by atoms with Gasteiger partial charge in [-0.2, -0.15) is 0 Å². The molecule has 1 nitrogen and oxygen atoms in total. The average molecular weight is 238 g/mol. The highest BCUT2D eigenvalue weighted by Gasteiger charge is 1.99. The van der Waals surface area contributed by atoms with Crippen LogP contribution in [0.3, 0.4) is 0 Å². The van der Waals surface area contributed by atoms with Gasteiger partial charge in [-0.3, -0.25) is 0 Å². The van der Waals surface area contributed by atoms with Crippen molar-refractivity contribution in [2.24, 2.45) is 0 Å². The molecule has 0 saturated heterocycles. The zero-order valence-corrected chi connectivity index (χ0v) is 10.8. The van der Waals surface area contributed by atoms with Crippen molar-refractivity contribution in [1.82, 2.24) is 0 Å². The maximum Gasteiger partial charge on any atom is 0.118 e. The molecular formula is C17H18O. The molecule has 0 amide bonds. The van der Waals surface area contributed by atoms with Crippen LogP contribution in [0.1, 0.15) is 24.0 Å². The summed E-state index contributed by atoms with van der Waals surface area (Å²) in [6.45, 7) is 2.20. The standard InChI is InChI=1S/C17H18O/c1-14(16-6-4-3-5-7-16)8-9-15-10-12-17(18-2)13-11-15/h3-14H,1-2H3/b9-8+/t14-/m0/s1. The van der Waals surface area contributed by atoms with E-state index in [-0.39, 0.29) is 0 Å². The molecule has 18 heavy (non-hydrogen) atoms. The number of benzene rings is 2. The second-order valence-corrected chi connectivity index (χ2v) is 4.33. The third kappa shape index (κ3) is 3.24. The largest absolute Gasteiger partial charge is 0.497 e. The van der Waals surface area contributed by atoms with Crippen molar-refractivity contribution in [1.29, 1.82) is 0 Å². The number of methoxy groups -OCH3 is 1. The van der Waals surface area contributed by atoms with E-state index in [4.69, 9.17) is 4.74 Å². The third-order valence-corrected chi connectivity index (χ3v) is 3.02. The highest BCUT2D eigenvalue weighted by molar-refractivity contribution is 5.52. The molecule has 2 aromatic carbocycles. The van der Waals surface area contributed by atoms with Crippen molar-refractivity contribution in [3.05, 3.63) is 71.8 Å². The molecule has 0 N–H and O–H groups in total. The van der Waals surface area contributed by atoms with Crippen molar-refractivity contribution in [3.8, 4) is 5.75 Å². The fourth-order valence-corrected chi connectivity index (χ4v) is 1.84. The normalized spacial score (nSPS) is 12.6. The molecule has 0 aliphatic carbocycles. The molecule has 0 aromatic heterocycles. The van der Waals surface area contributed by atoms with Crippen LogP contribution in [-0.4, -0.2) is 7.11 Å². The van der Waals surface area contributed by atoms with E-state index in [1.165, 1.54) is 11.1 Å². The number of allylic oxidation sites excluding steroid dienone is 1. The van der Waals surface area contributed by atoms with Crippen LogP contribution in [-0.2, 0) is 0 Å². The molecule has 2 rings (SSSR count). The fourth-order valence-electron chi connectivity index (χ4n) is 1.84. The van der Waals surface area contributed by atoms with Crippen LogP contribution < -0.4 is 4.74 Å². The molecular weight excluding hydrogens is 220 g/mol. The molecule has 0 unspecified atom stereocenters. The first-order valence-electron chi connectivity index (χ1n) is 6.17. The van der Waals surface area contributed by atoms with Crippen LogP contribution in [0.2, 0.25) is 0 Å². The lowest BCUT2D eigenvalue weighted by atomic mass is 10.00. The van der Waals surface area contributed by atoms with E-state index in [1.54, 1.807) is 7.11 Å².